The Kier molecular flexibility index (Phi) is 3.83. The van der Waals surface area contributed by atoms with E-state index in [1.54, 1.807) is 19.2 Å². The molecule has 0 aliphatic carbocycles. The molecule has 0 fully saturated rings. The van der Waals surface area contributed by atoms with Crippen molar-refractivity contribution in [3.63, 3.8) is 0 Å². The predicted octanol–water partition coefficient (Wildman–Crippen LogP) is 1.70. The van der Waals surface area contributed by atoms with E-state index in [2.05, 4.69) is 17.4 Å². The highest BCUT2D eigenvalue weighted by Crippen LogP contribution is 2.23. The number of rotatable bonds is 3. The molecule has 0 saturated carbocycles. The molecule has 76 valence electrons. The molecule has 1 aromatic carbocycles. The second-order valence-electron chi connectivity index (χ2n) is 2.76. The van der Waals surface area contributed by atoms with E-state index in [-0.39, 0.29) is 12.4 Å². The molecule has 0 saturated heterocycles. The Bertz CT molecular complexity index is 336. The molecule has 14 heavy (non-hydrogen) atoms. The second-order valence-corrected chi connectivity index (χ2v) is 3.24. The highest BCUT2D eigenvalue weighted by atomic mass is 32.1. The van der Waals surface area contributed by atoms with Gasteiger partial charge in [0.05, 0.1) is 20.6 Å². The Morgan fingerprint density at radius 2 is 2.14 bits per heavy atom. The first kappa shape index (κ1) is 10.9. The van der Waals surface area contributed by atoms with Crippen LogP contribution in [-0.2, 0) is 16.0 Å². The van der Waals surface area contributed by atoms with Crippen LogP contribution in [0.1, 0.15) is 5.56 Å². The van der Waals surface area contributed by atoms with Gasteiger partial charge in [-0.3, -0.25) is 4.79 Å². The van der Waals surface area contributed by atoms with Gasteiger partial charge in [0.2, 0.25) is 0 Å². The SMILES string of the molecule is COC(=O)Cc1ccc(OC)c(S)c1. The molecular formula is C10H12O3S. The van der Waals surface area contributed by atoms with Crippen LogP contribution in [0, 0.1) is 0 Å². The van der Waals surface area contributed by atoms with E-state index in [1.165, 1.54) is 7.11 Å². The number of hydrogen-bond donors (Lipinski definition) is 1. The third kappa shape index (κ3) is 2.67. The van der Waals surface area contributed by atoms with Gasteiger partial charge in [0.25, 0.3) is 0 Å². The van der Waals surface area contributed by atoms with Crippen LogP contribution >= 0.6 is 12.6 Å². The zero-order valence-corrected chi connectivity index (χ0v) is 9.01. The summed E-state index contributed by atoms with van der Waals surface area (Å²) in [5, 5.41) is 0. The first-order chi connectivity index (χ1) is 6.67. The Hall–Kier alpha value is -1.16. The summed E-state index contributed by atoms with van der Waals surface area (Å²) in [6, 6.07) is 5.38. The number of ether oxygens (including phenoxy) is 2. The summed E-state index contributed by atoms with van der Waals surface area (Å²) in [6.07, 6.45) is 0.258. The third-order valence-corrected chi connectivity index (χ3v) is 2.17. The molecule has 0 spiro atoms. The molecular weight excluding hydrogens is 200 g/mol. The lowest BCUT2D eigenvalue weighted by Crippen LogP contribution is -2.04. The first-order valence-electron chi connectivity index (χ1n) is 4.10. The van der Waals surface area contributed by atoms with Crippen LogP contribution < -0.4 is 4.74 Å². The molecule has 0 radical (unpaired) electrons. The van der Waals surface area contributed by atoms with Crippen LogP contribution in [0.3, 0.4) is 0 Å². The average molecular weight is 212 g/mol. The van der Waals surface area contributed by atoms with E-state index in [4.69, 9.17) is 4.74 Å². The van der Waals surface area contributed by atoms with Crippen LogP contribution in [0.4, 0.5) is 0 Å². The van der Waals surface area contributed by atoms with Gasteiger partial charge in [-0.1, -0.05) is 6.07 Å². The molecule has 0 atom stereocenters. The van der Waals surface area contributed by atoms with Crippen LogP contribution in [0.25, 0.3) is 0 Å². The minimum atomic E-state index is -0.261. The molecule has 0 bridgehead atoms. The second kappa shape index (κ2) is 4.91. The maximum atomic E-state index is 11.0. The standard InChI is InChI=1S/C10H12O3S/c1-12-8-4-3-7(5-9(8)14)6-10(11)13-2/h3-5,14H,6H2,1-2H3. The van der Waals surface area contributed by atoms with Gasteiger partial charge < -0.3 is 9.47 Å². The van der Waals surface area contributed by atoms with Crippen molar-refractivity contribution < 1.29 is 14.3 Å². The Labute approximate surface area is 88.4 Å². The summed E-state index contributed by atoms with van der Waals surface area (Å²) in [7, 11) is 2.95. The number of carbonyl (C=O) groups excluding carboxylic acids is 1. The van der Waals surface area contributed by atoms with Crippen molar-refractivity contribution in [2.24, 2.45) is 0 Å². The van der Waals surface area contributed by atoms with E-state index >= 15 is 0 Å². The fraction of sp³-hybridized carbons (Fsp3) is 0.300. The van der Waals surface area contributed by atoms with Gasteiger partial charge in [-0.15, -0.1) is 12.6 Å². The number of benzene rings is 1. The van der Waals surface area contributed by atoms with E-state index in [0.29, 0.717) is 10.6 Å². The average Bonchev–Trinajstić information content (AvgIpc) is 2.18. The van der Waals surface area contributed by atoms with Gasteiger partial charge in [0.1, 0.15) is 5.75 Å². The summed E-state index contributed by atoms with van der Waals surface area (Å²) >= 11 is 4.22. The largest absolute Gasteiger partial charge is 0.496 e. The molecule has 0 N–H and O–H groups in total. The smallest absolute Gasteiger partial charge is 0.309 e. The molecule has 0 amide bonds. The highest BCUT2D eigenvalue weighted by Gasteiger charge is 2.05. The first-order valence-corrected chi connectivity index (χ1v) is 4.54. The van der Waals surface area contributed by atoms with Crippen LogP contribution in [-0.4, -0.2) is 20.2 Å². The molecule has 0 aliphatic heterocycles. The molecule has 1 rings (SSSR count). The summed E-state index contributed by atoms with van der Waals surface area (Å²) in [4.78, 5) is 11.7. The normalized spacial score (nSPS) is 9.64. The van der Waals surface area contributed by atoms with Crippen molar-refractivity contribution in [2.75, 3.05) is 14.2 Å². The van der Waals surface area contributed by atoms with Crippen LogP contribution in [0.5, 0.6) is 5.75 Å². The van der Waals surface area contributed by atoms with Gasteiger partial charge in [0, 0.05) is 4.90 Å². The lowest BCUT2D eigenvalue weighted by Gasteiger charge is -2.05. The van der Waals surface area contributed by atoms with Gasteiger partial charge in [-0.25, -0.2) is 0 Å². The summed E-state index contributed by atoms with van der Waals surface area (Å²) in [5.74, 6) is 0.435. The lowest BCUT2D eigenvalue weighted by atomic mass is 10.1. The summed E-state index contributed by atoms with van der Waals surface area (Å²) in [6.45, 7) is 0. The summed E-state index contributed by atoms with van der Waals surface area (Å²) < 4.78 is 9.59. The predicted molar refractivity (Wildman–Crippen MR) is 56.0 cm³/mol. The topological polar surface area (TPSA) is 35.5 Å². The summed E-state index contributed by atoms with van der Waals surface area (Å²) in [5.41, 5.74) is 0.864. The number of carbonyl (C=O) groups is 1. The Balaban J connectivity index is 2.81. The maximum Gasteiger partial charge on any atom is 0.309 e. The number of thiol groups is 1. The van der Waals surface area contributed by atoms with E-state index in [1.807, 2.05) is 6.07 Å². The minimum absolute atomic E-state index is 0.258. The monoisotopic (exact) mass is 212 g/mol. The van der Waals surface area contributed by atoms with Gasteiger partial charge in [-0.2, -0.15) is 0 Å². The third-order valence-electron chi connectivity index (χ3n) is 1.82. The van der Waals surface area contributed by atoms with E-state index in [9.17, 15) is 4.79 Å². The number of hydrogen-bond acceptors (Lipinski definition) is 4. The molecule has 0 heterocycles. The van der Waals surface area contributed by atoms with Gasteiger partial charge in [-0.05, 0) is 17.7 Å². The molecule has 4 heteroatoms. The van der Waals surface area contributed by atoms with Crippen LogP contribution in [0.15, 0.2) is 23.1 Å². The van der Waals surface area contributed by atoms with Crippen molar-refractivity contribution in [3.05, 3.63) is 23.8 Å². The Morgan fingerprint density at radius 1 is 1.43 bits per heavy atom. The molecule has 0 aromatic heterocycles. The van der Waals surface area contributed by atoms with Gasteiger partial charge in [0.15, 0.2) is 0 Å². The number of esters is 1. The van der Waals surface area contributed by atoms with E-state index in [0.717, 1.165) is 5.56 Å². The molecule has 0 unspecified atom stereocenters. The lowest BCUT2D eigenvalue weighted by molar-refractivity contribution is -0.139. The quantitative estimate of drug-likeness (QED) is 0.612. The van der Waals surface area contributed by atoms with Crippen LogP contribution in [0.2, 0.25) is 0 Å². The van der Waals surface area contributed by atoms with Crippen molar-refractivity contribution in [1.29, 1.82) is 0 Å². The van der Waals surface area contributed by atoms with Gasteiger partial charge >= 0.3 is 5.97 Å². The molecule has 1 aromatic rings. The Morgan fingerprint density at radius 3 is 2.64 bits per heavy atom. The van der Waals surface area contributed by atoms with Crippen molar-refractivity contribution >= 4 is 18.6 Å². The molecule has 3 nitrogen and oxygen atoms in total. The highest BCUT2D eigenvalue weighted by molar-refractivity contribution is 7.80. The maximum absolute atomic E-state index is 11.0. The number of methoxy groups -OCH3 is 2. The fourth-order valence-corrected chi connectivity index (χ4v) is 1.42. The minimum Gasteiger partial charge on any atom is -0.496 e. The zero-order valence-electron chi connectivity index (χ0n) is 8.11. The zero-order chi connectivity index (χ0) is 10.6. The van der Waals surface area contributed by atoms with Crippen molar-refractivity contribution in [3.8, 4) is 5.75 Å². The van der Waals surface area contributed by atoms with Crippen molar-refractivity contribution in [1.82, 2.24) is 0 Å². The molecule has 0 aliphatic rings. The van der Waals surface area contributed by atoms with Crippen molar-refractivity contribution in [2.45, 2.75) is 11.3 Å². The van der Waals surface area contributed by atoms with E-state index < -0.39 is 0 Å². The fourth-order valence-electron chi connectivity index (χ4n) is 1.08.